The summed E-state index contributed by atoms with van der Waals surface area (Å²) in [6, 6.07) is 11.3. The van der Waals surface area contributed by atoms with E-state index in [0.717, 1.165) is 40.7 Å². The third-order valence-corrected chi connectivity index (χ3v) is 8.69. The summed E-state index contributed by atoms with van der Waals surface area (Å²) in [5.74, 6) is -0.900. The first-order chi connectivity index (χ1) is 21.3. The van der Waals surface area contributed by atoms with Crippen LogP contribution in [0.15, 0.2) is 36.4 Å². The average molecular weight is 626 g/mol. The number of rotatable bonds is 14. The second-order valence-electron chi connectivity index (χ2n) is 13.2. The number of unbranched alkanes of at least 4 members (excludes halogenated alkanes) is 1. The summed E-state index contributed by atoms with van der Waals surface area (Å²) < 4.78 is 17.5. The highest BCUT2D eigenvalue weighted by Crippen LogP contribution is 2.47. The summed E-state index contributed by atoms with van der Waals surface area (Å²) in [4.78, 5) is 44.6. The van der Waals surface area contributed by atoms with Gasteiger partial charge in [0.2, 0.25) is 24.4 Å². The van der Waals surface area contributed by atoms with Crippen LogP contribution in [-0.4, -0.2) is 111 Å². The number of carboxylic acids is 1. The predicted molar refractivity (Wildman–Crippen MR) is 172 cm³/mol. The van der Waals surface area contributed by atoms with E-state index in [1.165, 1.54) is 14.0 Å². The van der Waals surface area contributed by atoms with E-state index in [2.05, 4.69) is 40.2 Å². The fourth-order valence-electron chi connectivity index (χ4n) is 6.38. The minimum Gasteiger partial charge on any atom is -0.493 e. The van der Waals surface area contributed by atoms with Crippen LogP contribution in [0.4, 0.5) is 5.69 Å². The van der Waals surface area contributed by atoms with Crippen molar-refractivity contribution in [2.24, 2.45) is 5.92 Å². The molecular weight excluding hydrogens is 576 g/mol. The quantitative estimate of drug-likeness (QED) is 0.316. The molecule has 2 aromatic carbocycles. The van der Waals surface area contributed by atoms with Gasteiger partial charge in [-0.05, 0) is 42.7 Å². The Labute approximate surface area is 266 Å². The molecule has 1 saturated heterocycles. The van der Waals surface area contributed by atoms with Crippen LogP contribution in [0.3, 0.4) is 0 Å². The number of ether oxygens (including phenoxy) is 3. The van der Waals surface area contributed by atoms with Crippen molar-refractivity contribution in [3.05, 3.63) is 47.5 Å². The molecule has 2 aromatic rings. The van der Waals surface area contributed by atoms with Gasteiger partial charge in [0.1, 0.15) is 6.54 Å². The molecule has 0 spiro atoms. The number of carboxylic acid groups (broad SMARTS) is 1. The first-order valence-electron chi connectivity index (χ1n) is 15.7. The Bertz CT molecular complexity index is 1370. The molecule has 0 aliphatic carbocycles. The van der Waals surface area contributed by atoms with E-state index in [0.29, 0.717) is 43.3 Å². The number of anilines is 1. The lowest BCUT2D eigenvalue weighted by Gasteiger charge is -2.31. The van der Waals surface area contributed by atoms with Gasteiger partial charge in [-0.2, -0.15) is 0 Å². The maximum absolute atomic E-state index is 14.2. The predicted octanol–water partition coefficient (Wildman–Crippen LogP) is 3.80. The molecule has 0 aromatic heterocycles. The Morgan fingerprint density at radius 3 is 2.51 bits per heavy atom. The molecule has 3 atom stereocenters. The molecule has 11 heteroatoms. The van der Waals surface area contributed by atoms with Gasteiger partial charge in [-0.3, -0.25) is 19.3 Å². The number of benzene rings is 2. The third kappa shape index (κ3) is 8.26. The number of fused-ring (bicyclic) bond motifs is 1. The Balaban J connectivity index is 1.68. The number of nitrogens with zero attached hydrogens (tertiary/aromatic N) is 4. The highest BCUT2D eigenvalue weighted by molar-refractivity contribution is 5.95. The maximum Gasteiger partial charge on any atom is 0.308 e. The molecule has 246 valence electrons. The minimum absolute atomic E-state index is 0.0553. The highest BCUT2D eigenvalue weighted by atomic mass is 16.7. The Hall–Kier alpha value is -3.83. The van der Waals surface area contributed by atoms with Crippen molar-refractivity contribution in [2.45, 2.75) is 51.6 Å². The normalized spacial score (nSPS) is 19.4. The number of aliphatic carboxylic acids is 1. The SMILES string of the molecule is CCCCN(C(=O)CN1C[C@H](c2cc(OC)c3c(c2)OCO3)[C@@H](C(=O)O)[C@@H]1CCN(C)C(C)=O)c1cccc(C[N+](C)(C)C)c1. The van der Waals surface area contributed by atoms with Gasteiger partial charge in [-0.15, -0.1) is 0 Å². The third-order valence-electron chi connectivity index (χ3n) is 8.69. The zero-order valence-electron chi connectivity index (χ0n) is 27.7. The lowest BCUT2D eigenvalue weighted by molar-refractivity contribution is -0.884. The van der Waals surface area contributed by atoms with E-state index in [1.54, 1.807) is 11.9 Å². The van der Waals surface area contributed by atoms with E-state index in [4.69, 9.17) is 14.2 Å². The Morgan fingerprint density at radius 1 is 1.11 bits per heavy atom. The number of hydrogen-bond acceptors (Lipinski definition) is 7. The van der Waals surface area contributed by atoms with Crippen LogP contribution in [0.25, 0.3) is 0 Å². The molecular formula is C34H49N4O7+. The summed E-state index contributed by atoms with van der Waals surface area (Å²) >= 11 is 0. The van der Waals surface area contributed by atoms with Crippen LogP contribution in [0.5, 0.6) is 17.2 Å². The number of quaternary nitrogens is 1. The number of hydrogen-bond donors (Lipinski definition) is 1. The number of amides is 2. The van der Waals surface area contributed by atoms with E-state index in [-0.39, 0.29) is 25.2 Å². The van der Waals surface area contributed by atoms with Gasteiger partial charge in [0.05, 0.1) is 40.7 Å². The number of carbonyl (C=O) groups is 3. The van der Waals surface area contributed by atoms with Gasteiger partial charge in [0, 0.05) is 56.8 Å². The maximum atomic E-state index is 14.2. The number of likely N-dealkylation sites (tertiary alicyclic amines) is 1. The zero-order valence-corrected chi connectivity index (χ0v) is 27.7. The fourth-order valence-corrected chi connectivity index (χ4v) is 6.38. The summed E-state index contributed by atoms with van der Waals surface area (Å²) in [6.07, 6.45) is 2.18. The largest absolute Gasteiger partial charge is 0.493 e. The molecule has 0 radical (unpaired) electrons. The van der Waals surface area contributed by atoms with E-state index < -0.39 is 23.8 Å². The zero-order chi connectivity index (χ0) is 32.9. The summed E-state index contributed by atoms with van der Waals surface area (Å²) in [7, 11) is 9.65. The minimum atomic E-state index is -0.946. The van der Waals surface area contributed by atoms with Crippen LogP contribution in [0.1, 0.15) is 50.2 Å². The molecule has 4 rings (SSSR count). The smallest absolute Gasteiger partial charge is 0.308 e. The van der Waals surface area contributed by atoms with Gasteiger partial charge >= 0.3 is 5.97 Å². The molecule has 0 saturated carbocycles. The van der Waals surface area contributed by atoms with Crippen molar-refractivity contribution in [1.29, 1.82) is 0 Å². The first kappa shape index (κ1) is 34.1. The van der Waals surface area contributed by atoms with Gasteiger partial charge in [0.15, 0.2) is 11.5 Å². The molecule has 2 heterocycles. The monoisotopic (exact) mass is 625 g/mol. The molecule has 1 N–H and O–H groups in total. The fraction of sp³-hybridized carbons (Fsp3) is 0.559. The van der Waals surface area contributed by atoms with Crippen molar-refractivity contribution < 1.29 is 38.2 Å². The van der Waals surface area contributed by atoms with Crippen LogP contribution in [0, 0.1) is 5.92 Å². The van der Waals surface area contributed by atoms with Crippen molar-refractivity contribution >= 4 is 23.5 Å². The second-order valence-corrected chi connectivity index (χ2v) is 13.2. The lowest BCUT2D eigenvalue weighted by atomic mass is 9.84. The Morgan fingerprint density at radius 2 is 1.87 bits per heavy atom. The van der Waals surface area contributed by atoms with E-state index in [9.17, 15) is 19.5 Å². The van der Waals surface area contributed by atoms with Crippen LogP contribution in [-0.2, 0) is 20.9 Å². The van der Waals surface area contributed by atoms with Crippen LogP contribution >= 0.6 is 0 Å². The van der Waals surface area contributed by atoms with E-state index >= 15 is 0 Å². The molecule has 2 aliphatic rings. The molecule has 0 bridgehead atoms. The van der Waals surface area contributed by atoms with Crippen LogP contribution in [0.2, 0.25) is 0 Å². The van der Waals surface area contributed by atoms with Crippen molar-refractivity contribution in [3.63, 3.8) is 0 Å². The highest BCUT2D eigenvalue weighted by Gasteiger charge is 2.47. The summed E-state index contributed by atoms with van der Waals surface area (Å²) in [5, 5.41) is 10.6. The molecule has 0 unspecified atom stereocenters. The summed E-state index contributed by atoms with van der Waals surface area (Å²) in [6.45, 7) is 5.82. The molecule has 1 fully saturated rings. The molecule has 2 aliphatic heterocycles. The molecule has 11 nitrogen and oxygen atoms in total. The Kier molecular flexibility index (Phi) is 11.0. The molecule has 45 heavy (non-hydrogen) atoms. The average Bonchev–Trinajstić information content (AvgIpc) is 3.59. The van der Waals surface area contributed by atoms with Gasteiger partial charge < -0.3 is 33.6 Å². The van der Waals surface area contributed by atoms with Gasteiger partial charge in [-0.1, -0.05) is 25.5 Å². The van der Waals surface area contributed by atoms with Crippen molar-refractivity contribution in [2.75, 3.05) is 73.2 Å². The second kappa shape index (κ2) is 14.5. The number of methoxy groups -OCH3 is 1. The van der Waals surface area contributed by atoms with Crippen molar-refractivity contribution in [3.8, 4) is 17.2 Å². The summed E-state index contributed by atoms with van der Waals surface area (Å²) in [5.41, 5.74) is 2.74. The lowest BCUT2D eigenvalue weighted by Crippen LogP contribution is -2.45. The van der Waals surface area contributed by atoms with E-state index in [1.807, 2.05) is 34.1 Å². The number of carbonyl (C=O) groups excluding carboxylic acids is 2. The van der Waals surface area contributed by atoms with Gasteiger partial charge in [-0.25, -0.2) is 0 Å². The topological polar surface area (TPSA) is 109 Å². The van der Waals surface area contributed by atoms with Crippen molar-refractivity contribution in [1.82, 2.24) is 9.80 Å². The standard InChI is InChI=1S/C34H48N4O7/c1-8-9-14-37(26-12-10-11-24(16-26)21-38(4,5)6)31(40)20-36-19-27(25-17-29(43-7)33-30(18-25)44-22-45-33)32(34(41)42)28(36)13-15-35(3)23(2)39/h10-12,16-18,27-28,32H,8-9,13-15,19-22H2,1-7H3/p+1/t27-,28+,32-/m1/s1. The van der Waals surface area contributed by atoms with Gasteiger partial charge in [0.25, 0.3) is 0 Å². The van der Waals surface area contributed by atoms with Crippen LogP contribution < -0.4 is 19.1 Å². The molecule has 2 amide bonds. The first-order valence-corrected chi connectivity index (χ1v) is 15.7.